The molecule has 1 heterocycles. The van der Waals surface area contributed by atoms with Gasteiger partial charge in [0.05, 0.1) is 10.7 Å². The number of nitrogen functional groups attached to an aromatic ring is 1. The fraction of sp³-hybridized carbons (Fsp3) is 0.444. The zero-order chi connectivity index (χ0) is 9.42. The molecule has 4 heteroatoms. The summed E-state index contributed by atoms with van der Waals surface area (Å²) < 4.78 is 1.65. The van der Waals surface area contributed by atoms with Crippen LogP contribution in [-0.2, 0) is 0 Å². The average Bonchev–Trinajstić information content (AvgIpc) is 1.95. The molecule has 0 aliphatic heterocycles. The highest BCUT2D eigenvalue weighted by Gasteiger charge is 2.20. The molecule has 1 aromatic heterocycles. The highest BCUT2D eigenvalue weighted by atomic mass is 35.5. The van der Waals surface area contributed by atoms with Gasteiger partial charge < -0.3 is 10.3 Å². The summed E-state index contributed by atoms with van der Waals surface area (Å²) in [4.78, 5) is 11.5. The molecule has 1 aromatic rings. The molecule has 13 heavy (non-hydrogen) atoms. The van der Waals surface area contributed by atoms with E-state index in [2.05, 4.69) is 0 Å². The van der Waals surface area contributed by atoms with Crippen LogP contribution < -0.4 is 11.3 Å². The lowest BCUT2D eigenvalue weighted by molar-refractivity contribution is 0.307. The quantitative estimate of drug-likeness (QED) is 0.748. The summed E-state index contributed by atoms with van der Waals surface area (Å²) in [7, 11) is 0. The first kappa shape index (κ1) is 8.63. The largest absolute Gasteiger partial charge is 0.394 e. The molecule has 1 aliphatic carbocycles. The minimum absolute atomic E-state index is 0.117. The molecule has 1 saturated carbocycles. The molecule has 0 unspecified atom stereocenters. The van der Waals surface area contributed by atoms with Crippen LogP contribution in [0.15, 0.2) is 17.1 Å². The summed E-state index contributed by atoms with van der Waals surface area (Å²) in [5, 5.41) is 0.531. The minimum atomic E-state index is -0.117. The highest BCUT2D eigenvalue weighted by molar-refractivity contribution is 6.30. The standard InChI is InChI=1S/C9H11ClN2O/c10-6-4-8(11)9(13)12(5-6)7-2-1-3-7/h4-5,7H,1-3,11H2. The summed E-state index contributed by atoms with van der Waals surface area (Å²) >= 11 is 5.81. The molecular formula is C9H11ClN2O. The number of hydrogen-bond acceptors (Lipinski definition) is 2. The van der Waals surface area contributed by atoms with Crippen LogP contribution in [0.25, 0.3) is 0 Å². The van der Waals surface area contributed by atoms with E-state index in [0.29, 0.717) is 11.1 Å². The number of rotatable bonds is 1. The van der Waals surface area contributed by atoms with Crippen LogP contribution >= 0.6 is 11.6 Å². The Morgan fingerprint density at radius 2 is 2.23 bits per heavy atom. The second-order valence-electron chi connectivity index (χ2n) is 3.41. The molecule has 70 valence electrons. The van der Waals surface area contributed by atoms with E-state index >= 15 is 0 Å². The van der Waals surface area contributed by atoms with Crippen LogP contribution in [0.4, 0.5) is 5.69 Å². The van der Waals surface area contributed by atoms with Crippen LogP contribution in [0.3, 0.4) is 0 Å². The summed E-state index contributed by atoms with van der Waals surface area (Å²) in [5.41, 5.74) is 5.64. The third-order valence-corrected chi connectivity index (χ3v) is 2.71. The van der Waals surface area contributed by atoms with Crippen molar-refractivity contribution in [2.75, 3.05) is 5.73 Å². The van der Waals surface area contributed by atoms with Crippen molar-refractivity contribution in [1.29, 1.82) is 0 Å². The number of halogens is 1. The molecule has 2 rings (SSSR count). The number of nitrogens with zero attached hydrogens (tertiary/aromatic N) is 1. The van der Waals surface area contributed by atoms with Gasteiger partial charge in [-0.3, -0.25) is 4.79 Å². The number of pyridine rings is 1. The van der Waals surface area contributed by atoms with E-state index in [1.165, 1.54) is 12.5 Å². The minimum Gasteiger partial charge on any atom is -0.394 e. The molecule has 1 aliphatic rings. The van der Waals surface area contributed by atoms with Gasteiger partial charge in [-0.2, -0.15) is 0 Å². The number of anilines is 1. The Morgan fingerprint density at radius 3 is 2.77 bits per heavy atom. The maximum absolute atomic E-state index is 11.5. The molecule has 0 spiro atoms. The SMILES string of the molecule is Nc1cc(Cl)cn(C2CCC2)c1=O. The van der Waals surface area contributed by atoms with Gasteiger partial charge in [0.1, 0.15) is 0 Å². The number of nitrogens with two attached hydrogens (primary N) is 1. The smallest absolute Gasteiger partial charge is 0.274 e. The van der Waals surface area contributed by atoms with E-state index in [0.717, 1.165) is 12.8 Å². The predicted octanol–water partition coefficient (Wildman–Crippen LogP) is 1.81. The van der Waals surface area contributed by atoms with Gasteiger partial charge in [0.25, 0.3) is 5.56 Å². The maximum Gasteiger partial charge on any atom is 0.274 e. The van der Waals surface area contributed by atoms with E-state index in [-0.39, 0.29) is 11.2 Å². The summed E-state index contributed by atoms with van der Waals surface area (Å²) in [6, 6.07) is 1.81. The average molecular weight is 199 g/mol. The van der Waals surface area contributed by atoms with Crippen molar-refractivity contribution >= 4 is 17.3 Å². The maximum atomic E-state index is 11.5. The van der Waals surface area contributed by atoms with E-state index in [9.17, 15) is 4.79 Å². The second kappa shape index (κ2) is 3.07. The van der Waals surface area contributed by atoms with Gasteiger partial charge in [0.2, 0.25) is 0 Å². The van der Waals surface area contributed by atoms with Crippen molar-refractivity contribution in [2.24, 2.45) is 0 Å². The first-order valence-corrected chi connectivity index (χ1v) is 4.73. The Bertz CT molecular complexity index is 382. The molecule has 0 radical (unpaired) electrons. The van der Waals surface area contributed by atoms with Gasteiger partial charge in [0, 0.05) is 12.2 Å². The zero-order valence-electron chi connectivity index (χ0n) is 7.16. The Balaban J connectivity index is 2.49. The fourth-order valence-corrected chi connectivity index (χ4v) is 1.75. The molecule has 0 atom stereocenters. The Kier molecular flexibility index (Phi) is 2.04. The normalized spacial score (nSPS) is 17.0. The summed E-state index contributed by atoms with van der Waals surface area (Å²) in [6.07, 6.45) is 4.97. The summed E-state index contributed by atoms with van der Waals surface area (Å²) in [5.74, 6) is 0. The number of aromatic nitrogens is 1. The Hall–Kier alpha value is -0.960. The van der Waals surface area contributed by atoms with Gasteiger partial charge in [0.15, 0.2) is 0 Å². The Morgan fingerprint density at radius 1 is 1.54 bits per heavy atom. The molecule has 0 saturated heterocycles. The molecule has 0 amide bonds. The number of hydrogen-bond donors (Lipinski definition) is 1. The van der Waals surface area contributed by atoms with E-state index in [1.54, 1.807) is 10.8 Å². The molecule has 1 fully saturated rings. The van der Waals surface area contributed by atoms with Crippen LogP contribution in [0.2, 0.25) is 5.02 Å². The first-order chi connectivity index (χ1) is 6.18. The van der Waals surface area contributed by atoms with Crippen LogP contribution in [0, 0.1) is 0 Å². The van der Waals surface area contributed by atoms with E-state index < -0.39 is 0 Å². The van der Waals surface area contributed by atoms with Gasteiger partial charge >= 0.3 is 0 Å². The monoisotopic (exact) mass is 198 g/mol. The third kappa shape index (κ3) is 1.44. The van der Waals surface area contributed by atoms with Crippen molar-refractivity contribution in [1.82, 2.24) is 4.57 Å². The fourth-order valence-electron chi connectivity index (χ4n) is 1.52. The summed E-state index contributed by atoms with van der Waals surface area (Å²) in [6.45, 7) is 0. The van der Waals surface area contributed by atoms with Crippen molar-refractivity contribution in [2.45, 2.75) is 25.3 Å². The molecule has 0 bridgehead atoms. The third-order valence-electron chi connectivity index (χ3n) is 2.51. The van der Waals surface area contributed by atoms with Gasteiger partial charge in [-0.1, -0.05) is 11.6 Å². The predicted molar refractivity (Wildman–Crippen MR) is 53.0 cm³/mol. The zero-order valence-corrected chi connectivity index (χ0v) is 7.92. The van der Waals surface area contributed by atoms with Gasteiger partial charge in [-0.15, -0.1) is 0 Å². The highest BCUT2D eigenvalue weighted by Crippen LogP contribution is 2.30. The molecule has 2 N–H and O–H groups in total. The molecule has 3 nitrogen and oxygen atoms in total. The Labute approximate surface area is 81.1 Å². The van der Waals surface area contributed by atoms with Gasteiger partial charge in [-0.25, -0.2) is 0 Å². The molecule has 0 aromatic carbocycles. The van der Waals surface area contributed by atoms with E-state index in [4.69, 9.17) is 17.3 Å². The van der Waals surface area contributed by atoms with Crippen molar-refractivity contribution in [3.63, 3.8) is 0 Å². The lowest BCUT2D eigenvalue weighted by atomic mass is 9.93. The lowest BCUT2D eigenvalue weighted by Crippen LogP contribution is -2.29. The van der Waals surface area contributed by atoms with Crippen molar-refractivity contribution in [3.05, 3.63) is 27.6 Å². The van der Waals surface area contributed by atoms with Crippen molar-refractivity contribution in [3.8, 4) is 0 Å². The van der Waals surface area contributed by atoms with Crippen LogP contribution in [0.5, 0.6) is 0 Å². The topological polar surface area (TPSA) is 48.0 Å². The lowest BCUT2D eigenvalue weighted by Gasteiger charge is -2.27. The van der Waals surface area contributed by atoms with Crippen molar-refractivity contribution < 1.29 is 0 Å². The molecular weight excluding hydrogens is 188 g/mol. The van der Waals surface area contributed by atoms with Crippen LogP contribution in [0.1, 0.15) is 25.3 Å². The van der Waals surface area contributed by atoms with Gasteiger partial charge in [-0.05, 0) is 25.3 Å². The first-order valence-electron chi connectivity index (χ1n) is 4.35. The van der Waals surface area contributed by atoms with Crippen LogP contribution in [-0.4, -0.2) is 4.57 Å². The second-order valence-corrected chi connectivity index (χ2v) is 3.85. The van der Waals surface area contributed by atoms with E-state index in [1.807, 2.05) is 0 Å².